The topological polar surface area (TPSA) is 78.8 Å². The van der Waals surface area contributed by atoms with E-state index in [1.807, 2.05) is 30.3 Å². The molecule has 0 bridgehead atoms. The highest BCUT2D eigenvalue weighted by molar-refractivity contribution is 5.67. The Kier molecular flexibility index (Phi) is 8.18. The van der Waals surface area contributed by atoms with Crippen LogP contribution in [0.15, 0.2) is 30.3 Å². The van der Waals surface area contributed by atoms with Crippen LogP contribution >= 0.6 is 0 Å². The summed E-state index contributed by atoms with van der Waals surface area (Å²) in [6.07, 6.45) is 8.88. The van der Waals surface area contributed by atoms with Gasteiger partial charge >= 0.3 is 6.09 Å². The first-order chi connectivity index (χ1) is 18.2. The van der Waals surface area contributed by atoms with Crippen LogP contribution in [0.25, 0.3) is 0 Å². The van der Waals surface area contributed by atoms with Gasteiger partial charge in [0, 0.05) is 6.54 Å². The fourth-order valence-electron chi connectivity index (χ4n) is 10.3. The van der Waals surface area contributed by atoms with E-state index in [9.17, 15) is 15.0 Å². The first kappa shape index (κ1) is 28.0. The van der Waals surface area contributed by atoms with Gasteiger partial charge in [0.05, 0.1) is 18.8 Å². The summed E-state index contributed by atoms with van der Waals surface area (Å²) in [5, 5.41) is 25.3. The smallest absolute Gasteiger partial charge is 0.407 e. The number of carbonyl (C=O) groups excluding carboxylic acids is 1. The van der Waals surface area contributed by atoms with Gasteiger partial charge in [-0.15, -0.1) is 0 Å². The Morgan fingerprint density at radius 3 is 2.47 bits per heavy atom. The molecule has 4 saturated carbocycles. The lowest BCUT2D eigenvalue weighted by molar-refractivity contribution is -0.203. The van der Waals surface area contributed by atoms with Gasteiger partial charge in [-0.05, 0) is 109 Å². The molecule has 0 aliphatic heterocycles. The Hall–Kier alpha value is -1.59. The number of alkyl carbamates (subject to hydrolysis) is 1. The van der Waals surface area contributed by atoms with Gasteiger partial charge in [-0.25, -0.2) is 4.79 Å². The third-order valence-corrected chi connectivity index (χ3v) is 12.2. The molecular formula is C33H51NO4. The number of amides is 1. The van der Waals surface area contributed by atoms with Gasteiger partial charge in [-0.2, -0.15) is 0 Å². The first-order valence-corrected chi connectivity index (χ1v) is 15.5. The summed E-state index contributed by atoms with van der Waals surface area (Å²) in [4.78, 5) is 12.3. The maximum Gasteiger partial charge on any atom is 0.407 e. The fourth-order valence-corrected chi connectivity index (χ4v) is 10.3. The van der Waals surface area contributed by atoms with Crippen molar-refractivity contribution in [1.29, 1.82) is 0 Å². The second kappa shape index (κ2) is 11.1. The van der Waals surface area contributed by atoms with E-state index >= 15 is 0 Å². The molecule has 4 unspecified atom stereocenters. The van der Waals surface area contributed by atoms with Crippen LogP contribution in [0.4, 0.5) is 4.79 Å². The molecule has 5 nitrogen and oxygen atoms in total. The molecule has 1 aromatic carbocycles. The number of aliphatic hydroxyl groups excluding tert-OH is 2. The minimum Gasteiger partial charge on any atom is -0.450 e. The quantitative estimate of drug-likeness (QED) is 0.376. The molecule has 0 aromatic heterocycles. The second-order valence-electron chi connectivity index (χ2n) is 13.9. The van der Waals surface area contributed by atoms with Gasteiger partial charge in [-0.1, -0.05) is 64.4 Å². The van der Waals surface area contributed by atoms with Crippen LogP contribution in [0.3, 0.4) is 0 Å². The van der Waals surface area contributed by atoms with Crippen molar-refractivity contribution in [2.45, 2.75) is 104 Å². The molecule has 4 aliphatic carbocycles. The Bertz CT molecular complexity index is 954. The third kappa shape index (κ3) is 4.91. The largest absolute Gasteiger partial charge is 0.450 e. The van der Waals surface area contributed by atoms with Crippen molar-refractivity contribution >= 4 is 6.09 Å². The van der Waals surface area contributed by atoms with Crippen LogP contribution in [-0.4, -0.2) is 35.1 Å². The highest BCUT2D eigenvalue weighted by Gasteiger charge is 2.64. The van der Waals surface area contributed by atoms with Gasteiger partial charge in [0.15, 0.2) is 0 Å². The maximum absolute atomic E-state index is 12.3. The molecule has 5 rings (SSSR count). The summed E-state index contributed by atoms with van der Waals surface area (Å²) >= 11 is 0. The normalized spacial score (nSPS) is 42.9. The third-order valence-electron chi connectivity index (χ3n) is 12.2. The average molecular weight is 526 g/mol. The number of ether oxygens (including phenoxy) is 1. The van der Waals surface area contributed by atoms with E-state index in [4.69, 9.17) is 4.74 Å². The zero-order valence-electron chi connectivity index (χ0n) is 24.1. The molecule has 38 heavy (non-hydrogen) atoms. The van der Waals surface area contributed by atoms with E-state index in [2.05, 4.69) is 33.0 Å². The monoisotopic (exact) mass is 525 g/mol. The lowest BCUT2D eigenvalue weighted by atomic mass is 9.41. The number of carbonyl (C=O) groups is 1. The SMILES string of the molecule is CC[C@@H]1C2C[C@H](O)CCC2(C)[C@H]2CCC3(C)[C@@H]([C@H](C)CCOC(=O)NCc4ccccc4)CC[C@H]3C2[C@@H]1O. The number of aliphatic hydroxyl groups is 2. The number of hydrogen-bond acceptors (Lipinski definition) is 4. The van der Waals surface area contributed by atoms with Gasteiger partial charge in [0.2, 0.25) is 0 Å². The molecule has 0 heterocycles. The van der Waals surface area contributed by atoms with E-state index in [0.29, 0.717) is 54.6 Å². The van der Waals surface area contributed by atoms with Crippen LogP contribution in [0.1, 0.15) is 91.0 Å². The molecule has 4 fully saturated rings. The van der Waals surface area contributed by atoms with E-state index in [-0.39, 0.29) is 29.1 Å². The average Bonchev–Trinajstić information content (AvgIpc) is 3.26. The number of hydrogen-bond donors (Lipinski definition) is 3. The molecule has 212 valence electrons. The molecular weight excluding hydrogens is 474 g/mol. The maximum atomic E-state index is 12.3. The van der Waals surface area contributed by atoms with Crippen LogP contribution in [0.5, 0.6) is 0 Å². The van der Waals surface area contributed by atoms with Crippen molar-refractivity contribution in [1.82, 2.24) is 5.32 Å². The predicted molar refractivity (Wildman–Crippen MR) is 150 cm³/mol. The molecule has 4 aliphatic rings. The Balaban J connectivity index is 1.21. The van der Waals surface area contributed by atoms with Crippen LogP contribution in [0.2, 0.25) is 0 Å². The van der Waals surface area contributed by atoms with Gasteiger partial charge in [-0.3, -0.25) is 0 Å². The van der Waals surface area contributed by atoms with Crippen LogP contribution < -0.4 is 5.32 Å². The first-order valence-electron chi connectivity index (χ1n) is 15.5. The Morgan fingerprint density at radius 2 is 1.74 bits per heavy atom. The standard InChI is InChI=1S/C33H51NO4/c1-5-24-28-19-23(35)13-16-33(28,4)27-14-17-32(3)25(11-12-26(32)29(27)30(24)36)21(2)15-18-38-31(37)34-20-22-9-7-6-8-10-22/h6-10,21,23-30,35-36H,5,11-20H2,1-4H3,(H,34,37)/t21-,23-,24-,25-,26+,27+,28?,29?,30-,32?,33?/m1/s1. The summed E-state index contributed by atoms with van der Waals surface area (Å²) in [7, 11) is 0. The molecule has 0 radical (unpaired) electrons. The Labute approximate surface area is 230 Å². The zero-order valence-corrected chi connectivity index (χ0v) is 24.1. The summed E-state index contributed by atoms with van der Waals surface area (Å²) in [6, 6.07) is 9.91. The van der Waals surface area contributed by atoms with Crippen LogP contribution in [0, 0.1) is 52.3 Å². The fraction of sp³-hybridized carbons (Fsp3) is 0.788. The number of fused-ring (bicyclic) bond motifs is 5. The minimum atomic E-state index is -0.339. The van der Waals surface area contributed by atoms with Crippen molar-refractivity contribution in [2.24, 2.45) is 52.3 Å². The predicted octanol–water partition coefficient (Wildman–Crippen LogP) is 6.57. The van der Waals surface area contributed by atoms with Crippen molar-refractivity contribution in [3.05, 3.63) is 35.9 Å². The van der Waals surface area contributed by atoms with Crippen molar-refractivity contribution < 1.29 is 19.7 Å². The highest BCUT2D eigenvalue weighted by Crippen LogP contribution is 2.69. The Morgan fingerprint density at radius 1 is 1.03 bits per heavy atom. The van der Waals surface area contributed by atoms with E-state index in [1.165, 1.54) is 25.7 Å². The van der Waals surface area contributed by atoms with Gasteiger partial charge < -0.3 is 20.3 Å². The van der Waals surface area contributed by atoms with Crippen LogP contribution in [-0.2, 0) is 11.3 Å². The number of rotatable bonds is 7. The van der Waals surface area contributed by atoms with E-state index < -0.39 is 0 Å². The van der Waals surface area contributed by atoms with Crippen molar-refractivity contribution in [3.8, 4) is 0 Å². The van der Waals surface area contributed by atoms with Gasteiger partial charge in [0.25, 0.3) is 0 Å². The van der Waals surface area contributed by atoms with Crippen molar-refractivity contribution in [2.75, 3.05) is 6.61 Å². The van der Waals surface area contributed by atoms with Gasteiger partial charge in [0.1, 0.15) is 0 Å². The molecule has 1 aromatic rings. The minimum absolute atomic E-state index is 0.195. The summed E-state index contributed by atoms with van der Waals surface area (Å²) in [5.41, 5.74) is 1.56. The molecule has 5 heteroatoms. The second-order valence-corrected chi connectivity index (χ2v) is 13.9. The molecule has 0 saturated heterocycles. The van der Waals surface area contributed by atoms with E-state index in [1.54, 1.807) is 0 Å². The number of nitrogens with one attached hydrogen (secondary N) is 1. The zero-order chi connectivity index (χ0) is 27.1. The molecule has 1 amide bonds. The number of benzene rings is 1. The summed E-state index contributed by atoms with van der Waals surface area (Å²) < 4.78 is 5.57. The highest BCUT2D eigenvalue weighted by atomic mass is 16.5. The summed E-state index contributed by atoms with van der Waals surface area (Å²) in [5.74, 6) is 3.36. The molecule has 11 atom stereocenters. The lowest BCUT2D eigenvalue weighted by Gasteiger charge is -2.64. The summed E-state index contributed by atoms with van der Waals surface area (Å²) in [6.45, 7) is 10.6. The van der Waals surface area contributed by atoms with Crippen molar-refractivity contribution in [3.63, 3.8) is 0 Å². The molecule has 3 N–H and O–H groups in total. The lowest BCUT2D eigenvalue weighted by Crippen LogP contribution is -2.62. The van der Waals surface area contributed by atoms with E-state index in [0.717, 1.165) is 37.7 Å². The molecule has 0 spiro atoms.